The summed E-state index contributed by atoms with van der Waals surface area (Å²) < 4.78 is 1.78. The van der Waals surface area contributed by atoms with Gasteiger partial charge in [0.2, 0.25) is 11.8 Å². The monoisotopic (exact) mass is 382 g/mol. The third kappa shape index (κ3) is 3.30. The van der Waals surface area contributed by atoms with Crippen LogP contribution in [0, 0.1) is 13.8 Å². The molecule has 2 fully saturated rings. The minimum absolute atomic E-state index is 0.0181. The number of rotatable bonds is 3. The van der Waals surface area contributed by atoms with E-state index in [9.17, 15) is 14.4 Å². The van der Waals surface area contributed by atoms with Gasteiger partial charge in [0.25, 0.3) is 0 Å². The molecule has 4 rings (SSSR count). The van der Waals surface area contributed by atoms with Gasteiger partial charge in [0.15, 0.2) is 0 Å². The van der Waals surface area contributed by atoms with Crippen LogP contribution in [-0.4, -0.2) is 57.7 Å². The first-order valence-corrected chi connectivity index (χ1v) is 9.20. The summed E-state index contributed by atoms with van der Waals surface area (Å²) in [7, 11) is 0. The van der Waals surface area contributed by atoms with Crippen molar-refractivity contribution in [1.82, 2.24) is 25.3 Å². The lowest BCUT2D eigenvalue weighted by Crippen LogP contribution is -2.55. The molecule has 3 heterocycles. The lowest BCUT2D eigenvalue weighted by atomic mass is 10.1. The molecule has 146 valence electrons. The van der Waals surface area contributed by atoms with E-state index in [4.69, 9.17) is 0 Å². The Labute approximate surface area is 162 Å². The van der Waals surface area contributed by atoms with Gasteiger partial charge in [-0.25, -0.2) is 9.48 Å². The second-order valence-electron chi connectivity index (χ2n) is 7.17. The molecule has 0 spiro atoms. The van der Waals surface area contributed by atoms with E-state index in [1.165, 1.54) is 4.90 Å². The molecule has 0 saturated carbocycles. The fourth-order valence-electron chi connectivity index (χ4n) is 3.83. The lowest BCUT2D eigenvalue weighted by Gasteiger charge is -2.28. The fourth-order valence-corrected chi connectivity index (χ4v) is 3.83. The molecule has 1 aromatic heterocycles. The molecule has 0 radical (unpaired) electrons. The van der Waals surface area contributed by atoms with Crippen LogP contribution in [0.15, 0.2) is 30.3 Å². The maximum absolute atomic E-state index is 12.6. The number of hydrogen-bond acceptors (Lipinski definition) is 4. The molecule has 2 saturated heterocycles. The van der Waals surface area contributed by atoms with Gasteiger partial charge in [-0.1, -0.05) is 12.1 Å². The van der Waals surface area contributed by atoms with E-state index in [1.54, 1.807) is 10.7 Å². The van der Waals surface area contributed by atoms with Crippen LogP contribution in [0.25, 0.3) is 5.69 Å². The SMILES string of the molecule is Cc1cc(C)n(-c2ccccc2NC(=O)N[C@H]2C[C@H]3C(=O)NCC(=O)N3C2)n1. The molecule has 28 heavy (non-hydrogen) atoms. The number of aromatic nitrogens is 2. The average molecular weight is 382 g/mol. The third-order valence-corrected chi connectivity index (χ3v) is 5.06. The molecule has 9 nitrogen and oxygen atoms in total. The van der Waals surface area contributed by atoms with Crippen molar-refractivity contribution in [3.8, 4) is 5.69 Å². The lowest BCUT2D eigenvalue weighted by molar-refractivity contribution is -0.143. The van der Waals surface area contributed by atoms with Gasteiger partial charge >= 0.3 is 6.03 Å². The third-order valence-electron chi connectivity index (χ3n) is 5.06. The first kappa shape index (κ1) is 18.0. The average Bonchev–Trinajstić information content (AvgIpc) is 3.22. The number of anilines is 1. The predicted octanol–water partition coefficient (Wildman–Crippen LogP) is 0.710. The first-order valence-electron chi connectivity index (χ1n) is 9.20. The maximum atomic E-state index is 12.6. The topological polar surface area (TPSA) is 108 Å². The number of amides is 4. The van der Waals surface area contributed by atoms with Crippen molar-refractivity contribution in [3.05, 3.63) is 41.7 Å². The van der Waals surface area contributed by atoms with E-state index >= 15 is 0 Å². The number of hydrogen-bond donors (Lipinski definition) is 3. The number of carbonyl (C=O) groups is 3. The Hall–Kier alpha value is -3.36. The Morgan fingerprint density at radius 3 is 2.75 bits per heavy atom. The Balaban J connectivity index is 1.46. The van der Waals surface area contributed by atoms with Crippen LogP contribution in [0.3, 0.4) is 0 Å². The highest BCUT2D eigenvalue weighted by Gasteiger charge is 2.42. The largest absolute Gasteiger partial charge is 0.345 e. The van der Waals surface area contributed by atoms with Crippen molar-refractivity contribution < 1.29 is 14.4 Å². The molecule has 1 aromatic carbocycles. The van der Waals surface area contributed by atoms with E-state index in [0.717, 1.165) is 17.1 Å². The van der Waals surface area contributed by atoms with Crippen LogP contribution < -0.4 is 16.0 Å². The summed E-state index contributed by atoms with van der Waals surface area (Å²) in [6.45, 7) is 4.22. The number of fused-ring (bicyclic) bond motifs is 1. The Kier molecular flexibility index (Phi) is 4.50. The van der Waals surface area contributed by atoms with E-state index in [0.29, 0.717) is 18.7 Å². The van der Waals surface area contributed by atoms with Crippen molar-refractivity contribution in [2.45, 2.75) is 32.4 Å². The van der Waals surface area contributed by atoms with Crippen LogP contribution in [0.4, 0.5) is 10.5 Å². The van der Waals surface area contributed by atoms with Crippen molar-refractivity contribution in [3.63, 3.8) is 0 Å². The van der Waals surface area contributed by atoms with Crippen LogP contribution in [0.2, 0.25) is 0 Å². The minimum Gasteiger partial charge on any atom is -0.345 e. The molecular weight excluding hydrogens is 360 g/mol. The van der Waals surface area contributed by atoms with E-state index < -0.39 is 6.04 Å². The smallest absolute Gasteiger partial charge is 0.319 e. The number of benzene rings is 1. The number of aryl methyl sites for hydroxylation is 2. The number of nitrogens with one attached hydrogen (secondary N) is 3. The van der Waals surface area contributed by atoms with Crippen molar-refractivity contribution in [1.29, 1.82) is 0 Å². The zero-order valence-corrected chi connectivity index (χ0v) is 15.7. The zero-order chi connectivity index (χ0) is 19.8. The number of carbonyl (C=O) groups excluding carboxylic acids is 3. The van der Waals surface area contributed by atoms with Crippen LogP contribution in [-0.2, 0) is 9.59 Å². The molecule has 0 bridgehead atoms. The van der Waals surface area contributed by atoms with Crippen molar-refractivity contribution >= 4 is 23.5 Å². The normalized spacial score (nSPS) is 21.3. The predicted molar refractivity (Wildman–Crippen MR) is 102 cm³/mol. The first-order chi connectivity index (χ1) is 13.4. The van der Waals surface area contributed by atoms with Gasteiger partial charge in [0.1, 0.15) is 6.04 Å². The highest BCUT2D eigenvalue weighted by Crippen LogP contribution is 2.23. The zero-order valence-electron chi connectivity index (χ0n) is 15.7. The highest BCUT2D eigenvalue weighted by atomic mass is 16.2. The van der Waals surface area contributed by atoms with Gasteiger partial charge < -0.3 is 20.9 Å². The highest BCUT2D eigenvalue weighted by molar-refractivity contribution is 5.96. The number of piperazine rings is 1. The second kappa shape index (κ2) is 6.99. The molecule has 2 aliphatic rings. The summed E-state index contributed by atoms with van der Waals surface area (Å²) in [6, 6.07) is 8.21. The minimum atomic E-state index is -0.506. The van der Waals surface area contributed by atoms with E-state index in [-0.39, 0.29) is 30.4 Å². The van der Waals surface area contributed by atoms with Crippen molar-refractivity contribution in [2.75, 3.05) is 18.4 Å². The molecule has 9 heteroatoms. The van der Waals surface area contributed by atoms with Crippen LogP contribution >= 0.6 is 0 Å². The fraction of sp³-hybridized carbons (Fsp3) is 0.368. The van der Waals surface area contributed by atoms with Crippen molar-refractivity contribution in [2.24, 2.45) is 0 Å². The molecule has 2 aliphatic heterocycles. The summed E-state index contributed by atoms with van der Waals surface area (Å²) >= 11 is 0. The molecule has 0 aliphatic carbocycles. The number of para-hydroxylation sites is 2. The number of nitrogens with zero attached hydrogens (tertiary/aromatic N) is 3. The van der Waals surface area contributed by atoms with Gasteiger partial charge in [0, 0.05) is 12.2 Å². The Morgan fingerprint density at radius 1 is 1.25 bits per heavy atom. The Morgan fingerprint density at radius 2 is 2.04 bits per heavy atom. The van der Waals surface area contributed by atoms with Gasteiger partial charge in [-0.3, -0.25) is 9.59 Å². The maximum Gasteiger partial charge on any atom is 0.319 e. The molecule has 4 amide bonds. The summed E-state index contributed by atoms with van der Waals surface area (Å²) in [5.41, 5.74) is 3.24. The summed E-state index contributed by atoms with van der Waals surface area (Å²) in [4.78, 5) is 38.0. The Bertz CT molecular complexity index is 929. The molecule has 2 atom stereocenters. The molecule has 2 aromatic rings. The summed E-state index contributed by atoms with van der Waals surface area (Å²) in [6.07, 6.45) is 0.407. The quantitative estimate of drug-likeness (QED) is 0.726. The number of urea groups is 1. The van der Waals surface area contributed by atoms with Gasteiger partial charge in [-0.2, -0.15) is 5.10 Å². The van der Waals surface area contributed by atoms with Crippen LogP contribution in [0.1, 0.15) is 17.8 Å². The van der Waals surface area contributed by atoms with E-state index in [2.05, 4.69) is 21.0 Å². The summed E-state index contributed by atoms with van der Waals surface area (Å²) in [5, 5.41) is 12.8. The molecule has 0 unspecified atom stereocenters. The van der Waals surface area contributed by atoms with Gasteiger partial charge in [0.05, 0.1) is 29.7 Å². The van der Waals surface area contributed by atoms with Gasteiger partial charge in [-0.15, -0.1) is 0 Å². The van der Waals surface area contributed by atoms with Crippen LogP contribution in [0.5, 0.6) is 0 Å². The second-order valence-corrected chi connectivity index (χ2v) is 7.17. The summed E-state index contributed by atoms with van der Waals surface area (Å²) in [5.74, 6) is -0.289. The standard InChI is InChI=1S/C19H22N6O3/c1-11-7-12(2)25(23-11)15-6-4-3-5-14(15)22-19(28)21-13-8-16-18(27)20-9-17(26)24(16)10-13/h3-7,13,16H,8-10H2,1-2H3,(H,20,27)(H2,21,22,28)/t13-,16-/m0/s1. The van der Waals surface area contributed by atoms with E-state index in [1.807, 2.05) is 38.1 Å². The molecule has 3 N–H and O–H groups in total. The van der Waals surface area contributed by atoms with Gasteiger partial charge in [-0.05, 0) is 38.5 Å². The molecular formula is C19H22N6O3.